The zero-order chi connectivity index (χ0) is 28.8. The van der Waals surface area contributed by atoms with Crippen LogP contribution in [0.3, 0.4) is 0 Å². The average Bonchev–Trinajstić information content (AvgIpc) is 2.87. The van der Waals surface area contributed by atoms with Gasteiger partial charge in [0, 0.05) is 25.4 Å². The molecule has 0 radical (unpaired) electrons. The van der Waals surface area contributed by atoms with E-state index in [-0.39, 0.29) is 52.6 Å². The number of nitrogens with one attached hydrogen (secondary N) is 2. The number of alkyl halides is 3. The van der Waals surface area contributed by atoms with E-state index in [4.69, 9.17) is 20.3 Å². The zero-order valence-electron chi connectivity index (χ0n) is 21.6. The molecule has 0 bridgehead atoms. The maximum Gasteiger partial charge on any atom is 0.573 e. The Bertz CT molecular complexity index is 1330. The highest BCUT2D eigenvalue weighted by Gasteiger charge is 2.33. The molecule has 39 heavy (non-hydrogen) atoms. The van der Waals surface area contributed by atoms with Gasteiger partial charge in [0.2, 0.25) is 9.84 Å². The lowest BCUT2D eigenvalue weighted by atomic mass is 9.81. The molecule has 0 aliphatic carbocycles. The fourth-order valence-corrected chi connectivity index (χ4v) is 5.73. The van der Waals surface area contributed by atoms with Crippen LogP contribution in [0.1, 0.15) is 37.8 Å². The van der Waals surface area contributed by atoms with Crippen molar-refractivity contribution < 1.29 is 40.6 Å². The summed E-state index contributed by atoms with van der Waals surface area (Å²) in [5.41, 5.74) is 0.553. The number of ketones is 1. The van der Waals surface area contributed by atoms with E-state index < -0.39 is 33.4 Å². The number of benzene rings is 2. The molecule has 1 heterocycles. The second kappa shape index (κ2) is 12.7. The van der Waals surface area contributed by atoms with E-state index in [1.165, 1.54) is 30.3 Å². The summed E-state index contributed by atoms with van der Waals surface area (Å²) in [4.78, 5) is 12.7. The Kier molecular flexibility index (Phi) is 9.89. The van der Waals surface area contributed by atoms with Gasteiger partial charge in [0.25, 0.3) is 0 Å². The van der Waals surface area contributed by atoms with E-state index in [0.717, 1.165) is 18.6 Å². The molecule has 0 saturated carbocycles. The third-order valence-electron chi connectivity index (χ3n) is 6.43. The minimum Gasteiger partial charge on any atom is -0.492 e. The highest BCUT2D eigenvalue weighted by atomic mass is 32.2. The molecule has 1 saturated heterocycles. The SMILES string of the molecule is CCOc1cc(CC(=N)C(=O)[C@H]2CCOC[C@@H]2CC)ccc1S(=O)(=O)C(=N)Cc1cccc(OC(F)(F)F)c1. The third-order valence-corrected chi connectivity index (χ3v) is 8.14. The molecule has 8 nitrogen and oxygen atoms in total. The van der Waals surface area contributed by atoms with E-state index in [1.54, 1.807) is 6.92 Å². The summed E-state index contributed by atoms with van der Waals surface area (Å²) < 4.78 is 79.0. The van der Waals surface area contributed by atoms with Crippen LogP contribution in [0.5, 0.6) is 11.5 Å². The summed E-state index contributed by atoms with van der Waals surface area (Å²) >= 11 is 0. The average molecular weight is 569 g/mol. The van der Waals surface area contributed by atoms with Crippen LogP contribution in [0.4, 0.5) is 13.2 Å². The lowest BCUT2D eigenvalue weighted by Crippen LogP contribution is -2.36. The topological polar surface area (TPSA) is 127 Å². The van der Waals surface area contributed by atoms with Gasteiger partial charge in [-0.1, -0.05) is 31.5 Å². The maximum atomic E-state index is 13.2. The summed E-state index contributed by atoms with van der Waals surface area (Å²) in [6.07, 6.45) is -4.08. The fraction of sp³-hybridized carbons (Fsp3) is 0.444. The van der Waals surface area contributed by atoms with Crippen molar-refractivity contribution in [3.8, 4) is 11.5 Å². The van der Waals surface area contributed by atoms with E-state index in [9.17, 15) is 26.4 Å². The molecule has 3 rings (SSSR count). The third kappa shape index (κ3) is 7.89. The number of ether oxygens (including phenoxy) is 3. The highest BCUT2D eigenvalue weighted by molar-refractivity contribution is 8.06. The lowest BCUT2D eigenvalue weighted by molar-refractivity contribution is -0.274. The summed E-state index contributed by atoms with van der Waals surface area (Å²) in [5, 5.41) is 15.9. The van der Waals surface area contributed by atoms with Crippen molar-refractivity contribution in [2.75, 3.05) is 19.8 Å². The van der Waals surface area contributed by atoms with E-state index >= 15 is 0 Å². The number of rotatable bonds is 11. The molecule has 1 fully saturated rings. The quantitative estimate of drug-likeness (QED) is 0.284. The molecule has 0 amide bonds. The van der Waals surface area contributed by atoms with Gasteiger partial charge in [0.15, 0.2) is 5.78 Å². The molecule has 2 atom stereocenters. The Morgan fingerprint density at radius 1 is 1.08 bits per heavy atom. The second-order valence-corrected chi connectivity index (χ2v) is 11.1. The van der Waals surface area contributed by atoms with Crippen molar-refractivity contribution in [2.24, 2.45) is 11.8 Å². The van der Waals surface area contributed by atoms with Gasteiger partial charge >= 0.3 is 6.36 Å². The van der Waals surface area contributed by atoms with Crippen molar-refractivity contribution in [1.29, 1.82) is 10.8 Å². The minimum atomic E-state index is -4.91. The summed E-state index contributed by atoms with van der Waals surface area (Å²) in [6.45, 7) is 4.69. The van der Waals surface area contributed by atoms with Gasteiger partial charge in [-0.3, -0.25) is 10.2 Å². The largest absolute Gasteiger partial charge is 0.573 e. The first kappa shape index (κ1) is 30.3. The van der Waals surface area contributed by atoms with Crippen LogP contribution < -0.4 is 9.47 Å². The molecule has 0 unspecified atom stereocenters. The molecule has 0 spiro atoms. The molecule has 2 aromatic rings. The normalized spacial score (nSPS) is 17.9. The Hall–Kier alpha value is -3.25. The molecule has 2 aromatic carbocycles. The van der Waals surface area contributed by atoms with Crippen LogP contribution in [0.2, 0.25) is 0 Å². The van der Waals surface area contributed by atoms with Crippen LogP contribution in [0.15, 0.2) is 47.4 Å². The number of carbonyl (C=O) groups excluding carboxylic acids is 1. The molecule has 1 aliphatic heterocycles. The van der Waals surface area contributed by atoms with Crippen molar-refractivity contribution >= 4 is 26.4 Å². The van der Waals surface area contributed by atoms with Crippen LogP contribution in [0.25, 0.3) is 0 Å². The smallest absolute Gasteiger partial charge is 0.492 e. The van der Waals surface area contributed by atoms with E-state index in [1.807, 2.05) is 6.92 Å². The Morgan fingerprint density at radius 3 is 2.46 bits per heavy atom. The number of sulfone groups is 1. The molecule has 12 heteroatoms. The Morgan fingerprint density at radius 2 is 1.79 bits per heavy atom. The highest BCUT2D eigenvalue weighted by Crippen LogP contribution is 2.30. The number of hydrogen-bond donors (Lipinski definition) is 2. The monoisotopic (exact) mass is 568 g/mol. The first-order chi connectivity index (χ1) is 18.4. The Balaban J connectivity index is 1.79. The van der Waals surface area contributed by atoms with Gasteiger partial charge in [0.1, 0.15) is 21.4 Å². The van der Waals surface area contributed by atoms with Crippen LogP contribution in [-0.2, 0) is 32.2 Å². The predicted molar refractivity (Wildman–Crippen MR) is 138 cm³/mol. The van der Waals surface area contributed by atoms with Crippen molar-refractivity contribution in [3.63, 3.8) is 0 Å². The van der Waals surface area contributed by atoms with Crippen LogP contribution >= 0.6 is 0 Å². The van der Waals surface area contributed by atoms with Crippen molar-refractivity contribution in [1.82, 2.24) is 0 Å². The number of halogens is 3. The number of hydrogen-bond acceptors (Lipinski definition) is 8. The first-order valence-corrected chi connectivity index (χ1v) is 14.0. The molecular weight excluding hydrogens is 537 g/mol. The summed E-state index contributed by atoms with van der Waals surface area (Å²) in [5.74, 6) is -1.05. The van der Waals surface area contributed by atoms with Gasteiger partial charge in [-0.05, 0) is 54.7 Å². The number of carbonyl (C=O) groups is 1. The summed E-state index contributed by atoms with van der Waals surface area (Å²) in [6, 6.07) is 8.92. The molecular formula is C27H31F3N2O6S. The lowest BCUT2D eigenvalue weighted by Gasteiger charge is -2.29. The zero-order valence-corrected chi connectivity index (χ0v) is 22.5. The molecule has 1 aliphatic rings. The van der Waals surface area contributed by atoms with E-state index in [2.05, 4.69) is 4.74 Å². The van der Waals surface area contributed by atoms with Crippen molar-refractivity contribution in [2.45, 2.75) is 50.8 Å². The van der Waals surface area contributed by atoms with Gasteiger partial charge in [0.05, 0.1) is 18.9 Å². The van der Waals surface area contributed by atoms with Gasteiger partial charge in [-0.2, -0.15) is 0 Å². The predicted octanol–water partition coefficient (Wildman–Crippen LogP) is 5.17. The molecule has 0 aromatic heterocycles. The van der Waals surface area contributed by atoms with Crippen molar-refractivity contribution in [3.05, 3.63) is 53.6 Å². The van der Waals surface area contributed by atoms with Gasteiger partial charge in [-0.15, -0.1) is 13.2 Å². The van der Waals surface area contributed by atoms with Crippen LogP contribution in [0, 0.1) is 22.7 Å². The molecule has 212 valence electrons. The standard InChI is InChI=1S/C27H31F3N2O6S/c1-3-19-16-36-11-10-21(19)26(33)22(31)13-18-8-9-24(23(14-18)37-4-2)39(34,35)25(32)15-17-6-5-7-20(12-17)38-27(28,29)30/h5-9,12,14,19,21,31-32H,3-4,10-11,13,15-16H2,1-2H3/t19-,21-/m0/s1. The van der Waals surface area contributed by atoms with E-state index in [0.29, 0.717) is 25.2 Å². The minimum absolute atomic E-state index is 0.0174. The fourth-order valence-electron chi connectivity index (χ4n) is 4.48. The second-order valence-electron chi connectivity index (χ2n) is 9.17. The maximum absolute atomic E-state index is 13.2. The van der Waals surface area contributed by atoms with Gasteiger partial charge < -0.3 is 19.6 Å². The molecule has 2 N–H and O–H groups in total. The Labute approximate surface area is 225 Å². The van der Waals surface area contributed by atoms with Crippen LogP contribution in [-0.4, -0.2) is 51.1 Å². The number of Topliss-reactive ketones (excluding diaryl/α,β-unsaturated/α-hetero) is 1. The first-order valence-electron chi connectivity index (χ1n) is 12.5. The van der Waals surface area contributed by atoms with Gasteiger partial charge in [-0.25, -0.2) is 8.42 Å². The summed E-state index contributed by atoms with van der Waals surface area (Å²) in [7, 11) is -4.37.